The number of hydrogen-bond acceptors (Lipinski definition) is 5. The Morgan fingerprint density at radius 1 is 1.53 bits per heavy atom. The Labute approximate surface area is 98.4 Å². The van der Waals surface area contributed by atoms with Gasteiger partial charge in [0.1, 0.15) is 24.3 Å². The summed E-state index contributed by atoms with van der Waals surface area (Å²) in [5.41, 5.74) is 1.75. The van der Waals surface area contributed by atoms with E-state index in [-0.39, 0.29) is 12.5 Å². The average Bonchev–Trinajstić information content (AvgIpc) is 2.67. The van der Waals surface area contributed by atoms with Gasteiger partial charge in [-0.15, -0.1) is 0 Å². The van der Waals surface area contributed by atoms with Gasteiger partial charge in [-0.05, 0) is 19.9 Å². The molecule has 0 aromatic carbocycles. The number of aromatic nitrogens is 3. The first kappa shape index (κ1) is 11.4. The van der Waals surface area contributed by atoms with Crippen LogP contribution >= 0.6 is 0 Å². The lowest BCUT2D eigenvalue weighted by atomic mass is 10.3. The third-order valence-corrected chi connectivity index (χ3v) is 2.27. The second kappa shape index (κ2) is 4.82. The predicted molar refractivity (Wildman–Crippen MR) is 63.7 cm³/mol. The van der Waals surface area contributed by atoms with E-state index < -0.39 is 0 Å². The SMILES string of the molecule is CCOC(=O)CNc1ncnc2[nH]c(C)cc12. The van der Waals surface area contributed by atoms with Crippen LogP contribution in [0.4, 0.5) is 5.82 Å². The minimum atomic E-state index is -0.300. The molecule has 0 saturated heterocycles. The fourth-order valence-corrected chi connectivity index (χ4v) is 1.58. The number of ether oxygens (including phenoxy) is 1. The number of carbonyl (C=O) groups is 1. The summed E-state index contributed by atoms with van der Waals surface area (Å²) in [5.74, 6) is 0.332. The topological polar surface area (TPSA) is 79.9 Å². The van der Waals surface area contributed by atoms with Crippen LogP contribution in [0.5, 0.6) is 0 Å². The highest BCUT2D eigenvalue weighted by atomic mass is 16.5. The summed E-state index contributed by atoms with van der Waals surface area (Å²) in [6.45, 7) is 4.19. The van der Waals surface area contributed by atoms with Crippen LogP contribution in [0.2, 0.25) is 0 Å². The normalized spacial score (nSPS) is 10.5. The minimum absolute atomic E-state index is 0.101. The highest BCUT2D eigenvalue weighted by Crippen LogP contribution is 2.19. The van der Waals surface area contributed by atoms with Crippen molar-refractivity contribution >= 4 is 22.8 Å². The van der Waals surface area contributed by atoms with E-state index in [1.165, 1.54) is 6.33 Å². The Morgan fingerprint density at radius 2 is 2.35 bits per heavy atom. The molecule has 0 unspecified atom stereocenters. The van der Waals surface area contributed by atoms with Gasteiger partial charge >= 0.3 is 5.97 Å². The maximum atomic E-state index is 11.2. The van der Waals surface area contributed by atoms with Crippen molar-refractivity contribution in [3.63, 3.8) is 0 Å². The lowest BCUT2D eigenvalue weighted by Crippen LogP contribution is -2.17. The molecule has 0 amide bonds. The fraction of sp³-hybridized carbons (Fsp3) is 0.364. The zero-order chi connectivity index (χ0) is 12.3. The third kappa shape index (κ3) is 2.52. The van der Waals surface area contributed by atoms with E-state index in [2.05, 4.69) is 20.3 Å². The quantitative estimate of drug-likeness (QED) is 0.778. The van der Waals surface area contributed by atoms with Crippen LogP contribution < -0.4 is 5.32 Å². The molecule has 0 aliphatic heterocycles. The predicted octanol–water partition coefficient (Wildman–Crippen LogP) is 1.24. The molecule has 2 aromatic rings. The van der Waals surface area contributed by atoms with Gasteiger partial charge in [0.05, 0.1) is 12.0 Å². The number of carbonyl (C=O) groups excluding carboxylic acids is 1. The standard InChI is InChI=1S/C11H14N4O2/c1-3-17-9(16)5-12-10-8-4-7(2)15-11(8)14-6-13-10/h4,6H,3,5H2,1-2H3,(H2,12,13,14,15). The second-order valence-electron chi connectivity index (χ2n) is 3.60. The molecule has 0 saturated carbocycles. The van der Waals surface area contributed by atoms with Gasteiger partial charge in [0.15, 0.2) is 0 Å². The van der Waals surface area contributed by atoms with Crippen LogP contribution in [0.25, 0.3) is 11.0 Å². The van der Waals surface area contributed by atoms with Crippen molar-refractivity contribution in [2.45, 2.75) is 13.8 Å². The summed E-state index contributed by atoms with van der Waals surface area (Å²) in [6, 6.07) is 1.93. The molecule has 0 bridgehead atoms. The number of aromatic amines is 1. The molecule has 2 aromatic heterocycles. The van der Waals surface area contributed by atoms with Gasteiger partial charge in [-0.25, -0.2) is 9.97 Å². The van der Waals surface area contributed by atoms with Crippen LogP contribution in [0.3, 0.4) is 0 Å². The molecule has 0 aliphatic carbocycles. The zero-order valence-electron chi connectivity index (χ0n) is 9.78. The first-order valence-electron chi connectivity index (χ1n) is 5.40. The maximum Gasteiger partial charge on any atom is 0.325 e. The van der Waals surface area contributed by atoms with E-state index in [1.807, 2.05) is 13.0 Å². The number of hydrogen-bond donors (Lipinski definition) is 2. The van der Waals surface area contributed by atoms with E-state index >= 15 is 0 Å². The van der Waals surface area contributed by atoms with E-state index in [4.69, 9.17) is 4.74 Å². The summed E-state index contributed by atoms with van der Waals surface area (Å²) in [7, 11) is 0. The number of rotatable bonds is 4. The third-order valence-electron chi connectivity index (χ3n) is 2.27. The van der Waals surface area contributed by atoms with Crippen LogP contribution in [0.15, 0.2) is 12.4 Å². The Morgan fingerprint density at radius 3 is 3.12 bits per heavy atom. The van der Waals surface area contributed by atoms with Gasteiger partial charge < -0.3 is 15.0 Å². The first-order valence-corrected chi connectivity index (χ1v) is 5.40. The molecule has 6 nitrogen and oxygen atoms in total. The van der Waals surface area contributed by atoms with E-state index in [0.29, 0.717) is 12.4 Å². The summed E-state index contributed by atoms with van der Waals surface area (Å²) >= 11 is 0. The lowest BCUT2D eigenvalue weighted by Gasteiger charge is -2.05. The van der Waals surface area contributed by atoms with Crippen molar-refractivity contribution in [3.8, 4) is 0 Å². The average molecular weight is 234 g/mol. The molecular formula is C11H14N4O2. The molecule has 0 radical (unpaired) electrons. The molecule has 6 heteroatoms. The molecule has 0 aliphatic rings. The van der Waals surface area contributed by atoms with Gasteiger partial charge in [0.2, 0.25) is 0 Å². The summed E-state index contributed by atoms with van der Waals surface area (Å²) in [6.07, 6.45) is 1.45. The number of esters is 1. The molecule has 2 N–H and O–H groups in total. The summed E-state index contributed by atoms with van der Waals surface area (Å²) in [5, 5.41) is 3.81. The lowest BCUT2D eigenvalue weighted by molar-refractivity contribution is -0.140. The number of H-pyrrole nitrogens is 1. The molecule has 0 spiro atoms. The molecule has 2 heterocycles. The Balaban J connectivity index is 2.15. The summed E-state index contributed by atoms with van der Waals surface area (Å²) < 4.78 is 4.83. The van der Waals surface area contributed by atoms with Gasteiger partial charge in [-0.2, -0.15) is 0 Å². The zero-order valence-corrected chi connectivity index (χ0v) is 9.78. The second-order valence-corrected chi connectivity index (χ2v) is 3.60. The number of aryl methyl sites for hydroxylation is 1. The van der Waals surface area contributed by atoms with E-state index in [1.54, 1.807) is 6.92 Å². The van der Waals surface area contributed by atoms with E-state index in [9.17, 15) is 4.79 Å². The van der Waals surface area contributed by atoms with Crippen molar-refractivity contribution in [1.29, 1.82) is 0 Å². The van der Waals surface area contributed by atoms with Crippen molar-refractivity contribution in [2.24, 2.45) is 0 Å². The first-order chi connectivity index (χ1) is 8.20. The number of fused-ring (bicyclic) bond motifs is 1. The largest absolute Gasteiger partial charge is 0.465 e. The minimum Gasteiger partial charge on any atom is -0.465 e. The molecule has 0 atom stereocenters. The smallest absolute Gasteiger partial charge is 0.325 e. The number of nitrogens with one attached hydrogen (secondary N) is 2. The van der Waals surface area contributed by atoms with Crippen LogP contribution in [-0.4, -0.2) is 34.1 Å². The van der Waals surface area contributed by atoms with Gasteiger partial charge in [-0.1, -0.05) is 0 Å². The van der Waals surface area contributed by atoms with E-state index in [0.717, 1.165) is 16.7 Å². The maximum absolute atomic E-state index is 11.2. The highest BCUT2D eigenvalue weighted by Gasteiger charge is 2.07. The molecule has 17 heavy (non-hydrogen) atoms. The monoisotopic (exact) mass is 234 g/mol. The van der Waals surface area contributed by atoms with Crippen molar-refractivity contribution in [1.82, 2.24) is 15.0 Å². The molecular weight excluding hydrogens is 220 g/mol. The van der Waals surface area contributed by atoms with Crippen LogP contribution in [-0.2, 0) is 9.53 Å². The summed E-state index contributed by atoms with van der Waals surface area (Å²) in [4.78, 5) is 22.5. The molecule has 2 rings (SSSR count). The van der Waals surface area contributed by atoms with Crippen molar-refractivity contribution in [2.75, 3.05) is 18.5 Å². The molecule has 0 fully saturated rings. The number of anilines is 1. The Kier molecular flexibility index (Phi) is 3.22. The van der Waals surface area contributed by atoms with Crippen LogP contribution in [0, 0.1) is 6.92 Å². The van der Waals surface area contributed by atoms with Crippen LogP contribution in [0.1, 0.15) is 12.6 Å². The van der Waals surface area contributed by atoms with Gasteiger partial charge in [0.25, 0.3) is 0 Å². The molecule has 90 valence electrons. The van der Waals surface area contributed by atoms with Gasteiger partial charge in [0, 0.05) is 5.69 Å². The Hall–Kier alpha value is -2.11. The van der Waals surface area contributed by atoms with Crippen molar-refractivity contribution < 1.29 is 9.53 Å². The van der Waals surface area contributed by atoms with Crippen molar-refractivity contribution in [3.05, 3.63) is 18.1 Å². The van der Waals surface area contributed by atoms with Gasteiger partial charge in [-0.3, -0.25) is 4.79 Å². The highest BCUT2D eigenvalue weighted by molar-refractivity contribution is 5.89. The Bertz CT molecular complexity index is 535. The fourth-order valence-electron chi connectivity index (χ4n) is 1.58. The number of nitrogens with zero attached hydrogens (tertiary/aromatic N) is 2.